The molecule has 8 nitrogen and oxygen atoms in total. The van der Waals surface area contributed by atoms with Crippen molar-refractivity contribution in [1.82, 2.24) is 20.4 Å². The van der Waals surface area contributed by atoms with Crippen molar-refractivity contribution >= 4 is 28.3 Å². The summed E-state index contributed by atoms with van der Waals surface area (Å²) >= 11 is 0. The molecule has 0 fully saturated rings. The van der Waals surface area contributed by atoms with E-state index in [1.54, 1.807) is 6.07 Å². The first-order valence-corrected chi connectivity index (χ1v) is 7.21. The predicted octanol–water partition coefficient (Wildman–Crippen LogP) is 2.06. The van der Waals surface area contributed by atoms with Crippen molar-refractivity contribution in [2.24, 2.45) is 0 Å². The minimum absolute atomic E-state index is 0.0162. The lowest BCUT2D eigenvalue weighted by Crippen LogP contribution is -2.43. The molecule has 0 unspecified atom stereocenters. The van der Waals surface area contributed by atoms with Crippen LogP contribution in [0.2, 0.25) is 0 Å². The Bertz CT molecular complexity index is 938. The number of aliphatic hydroxyl groups is 1. The number of fused-ring (bicyclic) bond motifs is 1. The highest BCUT2D eigenvalue weighted by molar-refractivity contribution is 6.23. The van der Waals surface area contributed by atoms with Gasteiger partial charge in [-0.25, -0.2) is 4.98 Å². The monoisotopic (exact) mass is 323 g/mol. The molecule has 0 radical (unpaired) electrons. The molecule has 3 heterocycles. The largest absolute Gasteiger partial charge is 0.509 e. The van der Waals surface area contributed by atoms with E-state index in [0.717, 1.165) is 11.0 Å². The Balaban J connectivity index is 1.59. The van der Waals surface area contributed by atoms with E-state index in [1.807, 2.05) is 24.3 Å². The molecule has 120 valence electrons. The van der Waals surface area contributed by atoms with Gasteiger partial charge in [0.1, 0.15) is 17.2 Å². The van der Waals surface area contributed by atoms with Gasteiger partial charge in [0.2, 0.25) is 0 Å². The van der Waals surface area contributed by atoms with Crippen LogP contribution in [0.4, 0.5) is 0 Å². The van der Waals surface area contributed by atoms with E-state index in [9.17, 15) is 9.90 Å². The number of aliphatic hydroxyl groups excluding tert-OH is 1. The maximum atomic E-state index is 12.0. The maximum Gasteiger partial charge on any atom is 0.305 e. The Morgan fingerprint density at radius 1 is 1.33 bits per heavy atom. The number of para-hydroxylation sites is 2. The minimum Gasteiger partial charge on any atom is -0.509 e. The van der Waals surface area contributed by atoms with Gasteiger partial charge in [0.15, 0.2) is 11.6 Å². The number of furan rings is 1. The van der Waals surface area contributed by atoms with Crippen LogP contribution >= 0.6 is 0 Å². The van der Waals surface area contributed by atoms with Gasteiger partial charge in [0, 0.05) is 0 Å². The average Bonchev–Trinajstić information content (AvgIpc) is 3.27. The Hall–Kier alpha value is -3.55. The van der Waals surface area contributed by atoms with Gasteiger partial charge in [-0.1, -0.05) is 12.1 Å². The van der Waals surface area contributed by atoms with E-state index in [4.69, 9.17) is 9.83 Å². The summed E-state index contributed by atoms with van der Waals surface area (Å²) < 4.78 is 5.02. The number of carbonyl (C=O) groups excluding carboxylic acids is 1. The van der Waals surface area contributed by atoms with Crippen molar-refractivity contribution in [3.8, 4) is 0 Å². The van der Waals surface area contributed by atoms with Gasteiger partial charge in [0.25, 0.3) is 0 Å². The summed E-state index contributed by atoms with van der Waals surface area (Å²) in [5.74, 6) is -0.0819. The smallest absolute Gasteiger partial charge is 0.305 e. The summed E-state index contributed by atoms with van der Waals surface area (Å²) in [6.07, 6.45) is 1.39. The van der Waals surface area contributed by atoms with Crippen LogP contribution in [0.5, 0.6) is 0 Å². The summed E-state index contributed by atoms with van der Waals surface area (Å²) in [4.78, 5) is 19.5. The number of rotatable bonds is 3. The molecule has 1 aliphatic rings. The number of carbonyl (C=O) groups is 1. The second kappa shape index (κ2) is 5.27. The first-order valence-electron chi connectivity index (χ1n) is 7.21. The average molecular weight is 323 g/mol. The fourth-order valence-electron chi connectivity index (χ4n) is 2.58. The molecule has 0 spiro atoms. The Morgan fingerprint density at radius 3 is 2.92 bits per heavy atom. The van der Waals surface area contributed by atoms with Crippen molar-refractivity contribution in [3.05, 3.63) is 60.0 Å². The number of aromatic amines is 1. The molecule has 2 aromatic heterocycles. The SMILES string of the molecule is N=C1C(c2nc3ccccc3[nH]2)=C(O)CN1NC(=O)c1ccco1. The van der Waals surface area contributed by atoms with Gasteiger partial charge < -0.3 is 14.5 Å². The molecule has 4 N–H and O–H groups in total. The zero-order valence-electron chi connectivity index (χ0n) is 12.4. The number of nitrogens with one attached hydrogen (secondary N) is 3. The summed E-state index contributed by atoms with van der Waals surface area (Å²) in [6.45, 7) is -0.0162. The van der Waals surface area contributed by atoms with E-state index < -0.39 is 5.91 Å². The number of H-pyrrole nitrogens is 1. The number of imidazole rings is 1. The summed E-state index contributed by atoms with van der Waals surface area (Å²) in [5, 5.41) is 19.7. The number of nitrogens with zero attached hydrogens (tertiary/aromatic N) is 2. The number of hydrogen-bond acceptors (Lipinski definition) is 5. The van der Waals surface area contributed by atoms with Crippen molar-refractivity contribution in [1.29, 1.82) is 5.41 Å². The van der Waals surface area contributed by atoms with Crippen molar-refractivity contribution < 1.29 is 14.3 Å². The number of hydrazine groups is 1. The highest BCUT2D eigenvalue weighted by atomic mass is 16.3. The third kappa shape index (κ3) is 2.21. The highest BCUT2D eigenvalue weighted by Crippen LogP contribution is 2.26. The van der Waals surface area contributed by atoms with Gasteiger partial charge in [-0.2, -0.15) is 0 Å². The van der Waals surface area contributed by atoms with Gasteiger partial charge in [0.05, 0.1) is 23.8 Å². The standard InChI is InChI=1S/C16H13N5O3/c17-14-13(15-18-9-4-1-2-5-10(9)19-15)11(22)8-21(14)20-16(23)12-6-3-7-24-12/h1-7,17,22H,8H2,(H,18,19)(H,20,23). The molecule has 0 aliphatic carbocycles. The Morgan fingerprint density at radius 2 is 2.17 bits per heavy atom. The van der Waals surface area contributed by atoms with Crippen LogP contribution < -0.4 is 5.43 Å². The summed E-state index contributed by atoms with van der Waals surface area (Å²) in [5.41, 5.74) is 4.32. The van der Waals surface area contributed by atoms with E-state index in [-0.39, 0.29) is 29.5 Å². The van der Waals surface area contributed by atoms with Crippen LogP contribution in [0, 0.1) is 5.41 Å². The fourth-order valence-corrected chi connectivity index (χ4v) is 2.58. The molecule has 1 aliphatic heterocycles. The van der Waals surface area contributed by atoms with Crippen LogP contribution in [0.25, 0.3) is 16.6 Å². The molecule has 0 saturated heterocycles. The quantitative estimate of drug-likeness (QED) is 0.588. The second-order valence-electron chi connectivity index (χ2n) is 5.28. The zero-order valence-corrected chi connectivity index (χ0v) is 12.4. The van der Waals surface area contributed by atoms with Crippen LogP contribution in [0.1, 0.15) is 16.4 Å². The first kappa shape index (κ1) is 14.1. The lowest BCUT2D eigenvalue weighted by Gasteiger charge is -2.18. The number of hydrogen-bond donors (Lipinski definition) is 4. The number of amidine groups is 1. The van der Waals surface area contributed by atoms with E-state index >= 15 is 0 Å². The lowest BCUT2D eigenvalue weighted by atomic mass is 10.2. The number of aromatic nitrogens is 2. The third-order valence-corrected chi connectivity index (χ3v) is 3.71. The molecular weight excluding hydrogens is 310 g/mol. The summed E-state index contributed by atoms with van der Waals surface area (Å²) in [7, 11) is 0. The Labute approximate surface area is 135 Å². The second-order valence-corrected chi connectivity index (χ2v) is 5.28. The molecule has 8 heteroatoms. The van der Waals surface area contributed by atoms with Crippen molar-refractivity contribution in [3.63, 3.8) is 0 Å². The van der Waals surface area contributed by atoms with Crippen molar-refractivity contribution in [2.75, 3.05) is 6.54 Å². The van der Waals surface area contributed by atoms with Gasteiger partial charge in [-0.15, -0.1) is 0 Å². The molecule has 24 heavy (non-hydrogen) atoms. The normalized spacial score (nSPS) is 14.7. The molecule has 1 aromatic carbocycles. The topological polar surface area (TPSA) is 118 Å². The molecule has 0 bridgehead atoms. The fraction of sp³-hybridized carbons (Fsp3) is 0.0625. The zero-order chi connectivity index (χ0) is 16.7. The van der Waals surface area contributed by atoms with E-state index in [1.165, 1.54) is 17.3 Å². The third-order valence-electron chi connectivity index (χ3n) is 3.71. The van der Waals surface area contributed by atoms with E-state index in [2.05, 4.69) is 15.4 Å². The van der Waals surface area contributed by atoms with Gasteiger partial charge >= 0.3 is 5.91 Å². The van der Waals surface area contributed by atoms with E-state index in [0.29, 0.717) is 5.82 Å². The molecule has 4 rings (SSSR count). The van der Waals surface area contributed by atoms with Crippen LogP contribution in [0.15, 0.2) is 52.8 Å². The first-order chi connectivity index (χ1) is 11.6. The minimum atomic E-state index is -0.497. The predicted molar refractivity (Wildman–Crippen MR) is 86.2 cm³/mol. The van der Waals surface area contributed by atoms with Crippen molar-refractivity contribution in [2.45, 2.75) is 0 Å². The molecule has 1 amide bonds. The lowest BCUT2D eigenvalue weighted by molar-refractivity contribution is 0.0845. The molecule has 0 atom stereocenters. The maximum absolute atomic E-state index is 12.0. The highest BCUT2D eigenvalue weighted by Gasteiger charge is 2.32. The summed E-state index contributed by atoms with van der Waals surface area (Å²) in [6, 6.07) is 10.5. The van der Waals surface area contributed by atoms with Crippen LogP contribution in [-0.2, 0) is 0 Å². The molecule has 0 saturated carbocycles. The van der Waals surface area contributed by atoms with Gasteiger partial charge in [-0.3, -0.25) is 20.6 Å². The number of amides is 1. The molecular formula is C16H13N5O3. The van der Waals surface area contributed by atoms with Crippen LogP contribution in [0.3, 0.4) is 0 Å². The Kier molecular flexibility index (Phi) is 3.09. The van der Waals surface area contributed by atoms with Gasteiger partial charge in [-0.05, 0) is 24.3 Å². The van der Waals surface area contributed by atoms with Crippen LogP contribution in [-0.4, -0.2) is 38.4 Å². The molecule has 3 aromatic rings. The number of benzene rings is 1.